The molecule has 2 aliphatic heterocycles. The molecular formula is C24H30N4O3. The number of methoxy groups -OCH3 is 1. The van der Waals surface area contributed by atoms with E-state index < -0.39 is 11.8 Å². The summed E-state index contributed by atoms with van der Waals surface area (Å²) in [5, 5.41) is 5.49. The molecule has 2 aliphatic rings. The number of hydrogen-bond acceptors (Lipinski definition) is 5. The van der Waals surface area contributed by atoms with Gasteiger partial charge < -0.3 is 20.3 Å². The molecule has 0 bridgehead atoms. The average molecular weight is 423 g/mol. The van der Waals surface area contributed by atoms with Gasteiger partial charge in [0.05, 0.1) is 13.2 Å². The SMILES string of the molecule is COc1ccc(NC(=O)C(=O)NCC(c2ccc3c(c2)CCN3C)N2CCCC2)cc1. The molecule has 0 saturated carbocycles. The molecule has 2 amide bonds. The second-order valence-electron chi connectivity index (χ2n) is 8.21. The van der Waals surface area contributed by atoms with E-state index in [1.54, 1.807) is 31.4 Å². The van der Waals surface area contributed by atoms with E-state index >= 15 is 0 Å². The molecule has 4 rings (SSSR count). The van der Waals surface area contributed by atoms with Crippen molar-refractivity contribution < 1.29 is 14.3 Å². The highest BCUT2D eigenvalue weighted by Gasteiger charge is 2.27. The maximum Gasteiger partial charge on any atom is 0.313 e. The Morgan fingerprint density at radius 3 is 2.48 bits per heavy atom. The number of fused-ring (bicyclic) bond motifs is 1. The number of amides is 2. The molecule has 2 aromatic rings. The van der Waals surface area contributed by atoms with E-state index in [1.807, 2.05) is 0 Å². The van der Waals surface area contributed by atoms with Gasteiger partial charge in [-0.3, -0.25) is 14.5 Å². The van der Waals surface area contributed by atoms with Crippen LogP contribution < -0.4 is 20.3 Å². The predicted molar refractivity (Wildman–Crippen MR) is 122 cm³/mol. The first-order valence-corrected chi connectivity index (χ1v) is 10.9. The predicted octanol–water partition coefficient (Wildman–Crippen LogP) is 2.58. The van der Waals surface area contributed by atoms with Crippen molar-refractivity contribution in [3.8, 4) is 5.75 Å². The smallest absolute Gasteiger partial charge is 0.313 e. The van der Waals surface area contributed by atoms with Crippen molar-refractivity contribution in [3.63, 3.8) is 0 Å². The first kappa shape index (κ1) is 21.2. The van der Waals surface area contributed by atoms with Crippen LogP contribution in [0.5, 0.6) is 5.75 Å². The monoisotopic (exact) mass is 422 g/mol. The Morgan fingerprint density at radius 1 is 1.03 bits per heavy atom. The summed E-state index contributed by atoms with van der Waals surface area (Å²) in [4.78, 5) is 29.5. The number of anilines is 2. The quantitative estimate of drug-likeness (QED) is 0.700. The third kappa shape index (κ3) is 4.82. The lowest BCUT2D eigenvalue weighted by Gasteiger charge is -2.28. The zero-order valence-electron chi connectivity index (χ0n) is 18.2. The highest BCUT2D eigenvalue weighted by atomic mass is 16.5. The topological polar surface area (TPSA) is 73.9 Å². The molecule has 1 saturated heterocycles. The Balaban J connectivity index is 1.41. The zero-order chi connectivity index (χ0) is 21.8. The zero-order valence-corrected chi connectivity index (χ0v) is 18.2. The van der Waals surface area contributed by atoms with Crippen LogP contribution >= 0.6 is 0 Å². The summed E-state index contributed by atoms with van der Waals surface area (Å²) in [5.74, 6) is -0.599. The molecule has 0 aromatic heterocycles. The van der Waals surface area contributed by atoms with Crippen molar-refractivity contribution in [1.82, 2.24) is 10.2 Å². The van der Waals surface area contributed by atoms with Crippen LogP contribution in [0, 0.1) is 0 Å². The van der Waals surface area contributed by atoms with E-state index in [4.69, 9.17) is 4.74 Å². The normalized spacial score (nSPS) is 16.6. The number of rotatable bonds is 6. The highest BCUT2D eigenvalue weighted by molar-refractivity contribution is 6.39. The van der Waals surface area contributed by atoms with E-state index in [1.165, 1.54) is 16.8 Å². The fraction of sp³-hybridized carbons (Fsp3) is 0.417. The maximum absolute atomic E-state index is 12.5. The number of hydrogen-bond donors (Lipinski definition) is 2. The van der Waals surface area contributed by atoms with Crippen molar-refractivity contribution in [3.05, 3.63) is 53.6 Å². The molecule has 7 heteroatoms. The number of carbonyl (C=O) groups is 2. The molecule has 2 N–H and O–H groups in total. The molecule has 1 unspecified atom stereocenters. The van der Waals surface area contributed by atoms with Crippen LogP contribution in [0.1, 0.15) is 30.0 Å². The number of nitrogens with one attached hydrogen (secondary N) is 2. The maximum atomic E-state index is 12.5. The summed E-state index contributed by atoms with van der Waals surface area (Å²) in [6, 6.07) is 13.6. The number of carbonyl (C=O) groups excluding carboxylic acids is 2. The van der Waals surface area contributed by atoms with Crippen molar-refractivity contribution >= 4 is 23.2 Å². The number of likely N-dealkylation sites (tertiary alicyclic amines) is 1. The highest BCUT2D eigenvalue weighted by Crippen LogP contribution is 2.32. The van der Waals surface area contributed by atoms with Gasteiger partial charge in [0.1, 0.15) is 5.75 Å². The Kier molecular flexibility index (Phi) is 6.42. The van der Waals surface area contributed by atoms with E-state index in [9.17, 15) is 9.59 Å². The largest absolute Gasteiger partial charge is 0.497 e. The van der Waals surface area contributed by atoms with Crippen molar-refractivity contribution in [2.24, 2.45) is 0 Å². The molecule has 1 fully saturated rings. The Bertz CT molecular complexity index is 938. The van der Waals surface area contributed by atoms with Crippen molar-refractivity contribution in [2.75, 3.05) is 50.6 Å². The summed E-state index contributed by atoms with van der Waals surface area (Å²) >= 11 is 0. The molecule has 2 heterocycles. The molecule has 0 spiro atoms. The van der Waals surface area contributed by atoms with Gasteiger partial charge in [0.2, 0.25) is 0 Å². The van der Waals surface area contributed by atoms with E-state index in [0.717, 1.165) is 38.9 Å². The molecule has 31 heavy (non-hydrogen) atoms. The minimum Gasteiger partial charge on any atom is -0.497 e. The number of likely N-dealkylation sites (N-methyl/N-ethyl adjacent to an activating group) is 1. The molecule has 7 nitrogen and oxygen atoms in total. The fourth-order valence-electron chi connectivity index (χ4n) is 4.44. The lowest BCUT2D eigenvalue weighted by Crippen LogP contribution is -2.41. The van der Waals surface area contributed by atoms with E-state index in [0.29, 0.717) is 18.0 Å². The van der Waals surface area contributed by atoms with Crippen LogP contribution in [-0.4, -0.2) is 57.1 Å². The third-order valence-corrected chi connectivity index (χ3v) is 6.21. The number of benzene rings is 2. The molecular weight excluding hydrogens is 392 g/mol. The van der Waals surface area contributed by atoms with Gasteiger partial charge in [-0.05, 0) is 73.8 Å². The molecule has 0 radical (unpaired) electrons. The van der Waals surface area contributed by atoms with Crippen LogP contribution in [0.2, 0.25) is 0 Å². The summed E-state index contributed by atoms with van der Waals surface area (Å²) < 4.78 is 5.11. The van der Waals surface area contributed by atoms with E-state index in [-0.39, 0.29) is 6.04 Å². The Hall–Kier alpha value is -3.06. The summed E-state index contributed by atoms with van der Waals surface area (Å²) in [7, 11) is 3.70. The lowest BCUT2D eigenvalue weighted by atomic mass is 10.0. The van der Waals surface area contributed by atoms with Gasteiger partial charge in [-0.15, -0.1) is 0 Å². The molecule has 1 atom stereocenters. The summed E-state index contributed by atoms with van der Waals surface area (Å²) in [6.45, 7) is 3.46. The van der Waals surface area contributed by atoms with Gasteiger partial charge in [0.15, 0.2) is 0 Å². The Morgan fingerprint density at radius 2 is 1.77 bits per heavy atom. The van der Waals surface area contributed by atoms with Gasteiger partial charge in [-0.1, -0.05) is 12.1 Å². The second-order valence-corrected chi connectivity index (χ2v) is 8.21. The second kappa shape index (κ2) is 9.39. The van der Waals surface area contributed by atoms with Gasteiger partial charge >= 0.3 is 11.8 Å². The van der Waals surface area contributed by atoms with Gasteiger partial charge in [-0.2, -0.15) is 0 Å². The Labute approximate surface area is 183 Å². The van der Waals surface area contributed by atoms with Crippen LogP contribution in [0.25, 0.3) is 0 Å². The minimum atomic E-state index is -0.666. The standard InChI is InChI=1S/C24H30N4O3/c1-27-14-11-18-15-17(5-10-21(18)27)22(28-12-3-4-13-28)16-25-23(29)24(30)26-19-6-8-20(31-2)9-7-19/h5-10,15,22H,3-4,11-14,16H2,1-2H3,(H,25,29)(H,26,30). The van der Waals surface area contributed by atoms with Crippen molar-refractivity contribution in [2.45, 2.75) is 25.3 Å². The molecule has 2 aromatic carbocycles. The first-order valence-electron chi connectivity index (χ1n) is 10.9. The van der Waals surface area contributed by atoms with Gasteiger partial charge in [-0.25, -0.2) is 0 Å². The van der Waals surface area contributed by atoms with Crippen LogP contribution in [-0.2, 0) is 16.0 Å². The summed E-state index contributed by atoms with van der Waals surface area (Å²) in [6.07, 6.45) is 3.37. The minimum absolute atomic E-state index is 0.0662. The van der Waals surface area contributed by atoms with Gasteiger partial charge in [0, 0.05) is 31.5 Å². The van der Waals surface area contributed by atoms with Crippen LogP contribution in [0.3, 0.4) is 0 Å². The average Bonchev–Trinajstić information content (AvgIpc) is 3.44. The fourth-order valence-corrected chi connectivity index (χ4v) is 4.44. The third-order valence-electron chi connectivity index (χ3n) is 6.21. The van der Waals surface area contributed by atoms with Gasteiger partial charge in [0.25, 0.3) is 0 Å². The first-order chi connectivity index (χ1) is 15.0. The lowest BCUT2D eigenvalue weighted by molar-refractivity contribution is -0.136. The van der Waals surface area contributed by atoms with Crippen LogP contribution in [0.15, 0.2) is 42.5 Å². The molecule has 0 aliphatic carbocycles. The number of nitrogens with zero attached hydrogens (tertiary/aromatic N) is 2. The molecule has 164 valence electrons. The van der Waals surface area contributed by atoms with Crippen LogP contribution in [0.4, 0.5) is 11.4 Å². The van der Waals surface area contributed by atoms with Crippen molar-refractivity contribution in [1.29, 1.82) is 0 Å². The number of ether oxygens (including phenoxy) is 1. The van der Waals surface area contributed by atoms with E-state index in [2.05, 4.69) is 45.7 Å². The summed E-state index contributed by atoms with van der Waals surface area (Å²) in [5.41, 5.74) is 4.39.